The monoisotopic (exact) mass is 387 g/mol. The smallest absolute Gasteiger partial charge is 0.323 e. The highest BCUT2D eigenvalue weighted by molar-refractivity contribution is 5.94. The van der Waals surface area contributed by atoms with Crippen molar-refractivity contribution in [2.45, 2.75) is 5.92 Å². The Morgan fingerprint density at radius 1 is 0.700 bits per heavy atom. The second kappa shape index (κ2) is 7.35. The van der Waals surface area contributed by atoms with E-state index in [1.807, 2.05) is 72.8 Å². The van der Waals surface area contributed by atoms with Gasteiger partial charge in [0.25, 0.3) is 0 Å². The molecular weight excluding hydrogens is 370 g/mol. The molecule has 1 aliphatic rings. The summed E-state index contributed by atoms with van der Waals surface area (Å²) >= 11 is 0. The van der Waals surface area contributed by atoms with Gasteiger partial charge in [-0.25, -0.2) is 0 Å². The molecule has 0 unspecified atom stereocenters. The van der Waals surface area contributed by atoms with Crippen LogP contribution in [0.5, 0.6) is 5.75 Å². The predicted octanol–water partition coefficient (Wildman–Crippen LogP) is 5.94. The standard InChI is InChI=1S/C27H17NO2/c28-17-18-9-11-19(12-10-18)20-13-15-21(16-14-20)30-27(29)26-24-7-3-1-5-22(24)23-6-2-4-8-25(23)26/h1-16,26H. The lowest BCUT2D eigenvalue weighted by molar-refractivity contribution is -0.135. The lowest BCUT2D eigenvalue weighted by Gasteiger charge is -2.13. The molecule has 142 valence electrons. The maximum Gasteiger partial charge on any atom is 0.323 e. The Labute approximate surface area is 174 Å². The van der Waals surface area contributed by atoms with Gasteiger partial charge in [-0.05, 0) is 57.6 Å². The zero-order valence-electron chi connectivity index (χ0n) is 16.1. The van der Waals surface area contributed by atoms with E-state index >= 15 is 0 Å². The van der Waals surface area contributed by atoms with Crippen LogP contribution in [0.15, 0.2) is 97.1 Å². The molecule has 0 bridgehead atoms. The average molecular weight is 387 g/mol. The number of nitrogens with zero attached hydrogens (tertiary/aromatic N) is 1. The van der Waals surface area contributed by atoms with Crippen LogP contribution < -0.4 is 4.74 Å². The number of hydrogen-bond donors (Lipinski definition) is 0. The molecule has 0 N–H and O–H groups in total. The molecule has 0 radical (unpaired) electrons. The number of ether oxygens (including phenoxy) is 1. The summed E-state index contributed by atoms with van der Waals surface area (Å²) in [4.78, 5) is 13.1. The quantitative estimate of drug-likeness (QED) is 0.323. The summed E-state index contributed by atoms with van der Waals surface area (Å²) in [6.07, 6.45) is 0. The van der Waals surface area contributed by atoms with Crippen LogP contribution in [0.1, 0.15) is 22.6 Å². The Morgan fingerprint density at radius 2 is 1.20 bits per heavy atom. The van der Waals surface area contributed by atoms with Crippen LogP contribution in [0.2, 0.25) is 0 Å². The van der Waals surface area contributed by atoms with Crippen molar-refractivity contribution in [1.82, 2.24) is 0 Å². The van der Waals surface area contributed by atoms with E-state index in [1.165, 1.54) is 0 Å². The van der Waals surface area contributed by atoms with Gasteiger partial charge in [-0.15, -0.1) is 0 Å². The molecule has 1 aliphatic carbocycles. The van der Waals surface area contributed by atoms with Crippen molar-refractivity contribution in [3.63, 3.8) is 0 Å². The number of hydrogen-bond acceptors (Lipinski definition) is 3. The summed E-state index contributed by atoms with van der Waals surface area (Å²) in [6, 6.07) is 32.9. The van der Waals surface area contributed by atoms with Crippen molar-refractivity contribution in [3.05, 3.63) is 114 Å². The van der Waals surface area contributed by atoms with Crippen molar-refractivity contribution < 1.29 is 9.53 Å². The first kappa shape index (κ1) is 17.9. The van der Waals surface area contributed by atoms with E-state index in [-0.39, 0.29) is 5.97 Å². The Morgan fingerprint density at radius 3 is 1.73 bits per heavy atom. The first-order chi connectivity index (χ1) is 14.7. The summed E-state index contributed by atoms with van der Waals surface area (Å²) in [6.45, 7) is 0. The van der Waals surface area contributed by atoms with Gasteiger partial charge >= 0.3 is 5.97 Å². The van der Waals surface area contributed by atoms with Gasteiger partial charge in [0.1, 0.15) is 11.7 Å². The van der Waals surface area contributed by atoms with Crippen LogP contribution in [0.3, 0.4) is 0 Å². The normalized spacial score (nSPS) is 12.0. The average Bonchev–Trinajstić information content (AvgIpc) is 3.14. The largest absolute Gasteiger partial charge is 0.426 e. The maximum absolute atomic E-state index is 13.1. The number of esters is 1. The molecule has 0 fully saturated rings. The molecule has 3 heteroatoms. The Kier molecular flexibility index (Phi) is 4.38. The molecule has 3 nitrogen and oxygen atoms in total. The number of carbonyl (C=O) groups excluding carboxylic acids is 1. The molecule has 4 aromatic rings. The molecule has 0 atom stereocenters. The van der Waals surface area contributed by atoms with Crippen LogP contribution in [-0.2, 0) is 4.79 Å². The van der Waals surface area contributed by atoms with Crippen LogP contribution in [0, 0.1) is 11.3 Å². The fourth-order valence-electron chi connectivity index (χ4n) is 4.04. The van der Waals surface area contributed by atoms with Crippen LogP contribution in [0.4, 0.5) is 0 Å². The Hall–Kier alpha value is -4.16. The van der Waals surface area contributed by atoms with Crippen LogP contribution >= 0.6 is 0 Å². The fourth-order valence-corrected chi connectivity index (χ4v) is 4.04. The third kappa shape index (κ3) is 3.05. The van der Waals surface area contributed by atoms with Crippen molar-refractivity contribution in [1.29, 1.82) is 5.26 Å². The lowest BCUT2D eigenvalue weighted by atomic mass is 9.97. The molecule has 0 spiro atoms. The minimum atomic E-state index is -0.421. The van der Waals surface area contributed by atoms with Crippen molar-refractivity contribution in [2.75, 3.05) is 0 Å². The first-order valence-electron chi connectivity index (χ1n) is 9.75. The van der Waals surface area contributed by atoms with E-state index in [0.29, 0.717) is 11.3 Å². The van der Waals surface area contributed by atoms with Crippen molar-refractivity contribution in [2.24, 2.45) is 0 Å². The van der Waals surface area contributed by atoms with Gasteiger partial charge < -0.3 is 4.74 Å². The second-order valence-electron chi connectivity index (χ2n) is 7.24. The van der Waals surface area contributed by atoms with Gasteiger partial charge in [-0.2, -0.15) is 5.26 Å². The van der Waals surface area contributed by atoms with Gasteiger partial charge in [0.2, 0.25) is 0 Å². The fraction of sp³-hybridized carbons (Fsp3) is 0.0370. The van der Waals surface area contributed by atoms with Crippen LogP contribution in [0.25, 0.3) is 22.3 Å². The molecule has 0 saturated heterocycles. The molecule has 4 aromatic carbocycles. The Balaban J connectivity index is 1.40. The van der Waals surface area contributed by atoms with Gasteiger partial charge in [0.05, 0.1) is 11.6 Å². The molecule has 0 amide bonds. The number of carbonyl (C=O) groups is 1. The SMILES string of the molecule is N#Cc1ccc(-c2ccc(OC(=O)C3c4ccccc4-c4ccccc43)cc2)cc1. The lowest BCUT2D eigenvalue weighted by Crippen LogP contribution is -2.18. The first-order valence-corrected chi connectivity index (χ1v) is 9.75. The third-order valence-electron chi connectivity index (χ3n) is 5.49. The third-order valence-corrected chi connectivity index (χ3v) is 5.49. The zero-order valence-corrected chi connectivity index (χ0v) is 16.1. The molecule has 0 aromatic heterocycles. The summed E-state index contributed by atoms with van der Waals surface area (Å²) in [5.41, 5.74) is 6.77. The number of fused-ring (bicyclic) bond motifs is 3. The van der Waals surface area contributed by atoms with Crippen LogP contribution in [-0.4, -0.2) is 5.97 Å². The summed E-state index contributed by atoms with van der Waals surface area (Å²) in [7, 11) is 0. The van der Waals surface area contributed by atoms with Gasteiger partial charge in [-0.3, -0.25) is 4.79 Å². The number of benzene rings is 4. The van der Waals surface area contributed by atoms with Gasteiger partial charge in [0, 0.05) is 0 Å². The number of nitriles is 1. The van der Waals surface area contributed by atoms with Gasteiger partial charge in [0.15, 0.2) is 0 Å². The molecule has 0 saturated carbocycles. The van der Waals surface area contributed by atoms with Crippen molar-refractivity contribution >= 4 is 5.97 Å². The van der Waals surface area contributed by atoms with E-state index < -0.39 is 5.92 Å². The highest BCUT2D eigenvalue weighted by Crippen LogP contribution is 2.45. The molecular formula is C27H17NO2. The molecule has 0 heterocycles. The Bertz CT molecular complexity index is 1240. The molecule has 30 heavy (non-hydrogen) atoms. The maximum atomic E-state index is 13.1. The molecule has 5 rings (SSSR count). The number of rotatable bonds is 3. The minimum absolute atomic E-state index is 0.279. The zero-order chi connectivity index (χ0) is 20.5. The van der Waals surface area contributed by atoms with E-state index in [2.05, 4.69) is 6.07 Å². The van der Waals surface area contributed by atoms with E-state index in [0.717, 1.165) is 33.4 Å². The second-order valence-corrected chi connectivity index (χ2v) is 7.24. The van der Waals surface area contributed by atoms with E-state index in [4.69, 9.17) is 10.00 Å². The van der Waals surface area contributed by atoms with Crippen molar-refractivity contribution in [3.8, 4) is 34.1 Å². The summed E-state index contributed by atoms with van der Waals surface area (Å²) in [5, 5.41) is 8.93. The van der Waals surface area contributed by atoms with E-state index in [1.54, 1.807) is 24.3 Å². The topological polar surface area (TPSA) is 50.1 Å². The van der Waals surface area contributed by atoms with E-state index in [9.17, 15) is 4.79 Å². The highest BCUT2D eigenvalue weighted by atomic mass is 16.5. The molecule has 0 aliphatic heterocycles. The highest BCUT2D eigenvalue weighted by Gasteiger charge is 2.34. The summed E-state index contributed by atoms with van der Waals surface area (Å²) in [5.74, 6) is -0.187. The summed E-state index contributed by atoms with van der Waals surface area (Å²) < 4.78 is 5.76. The van der Waals surface area contributed by atoms with Gasteiger partial charge in [-0.1, -0.05) is 72.8 Å². The predicted molar refractivity (Wildman–Crippen MR) is 116 cm³/mol. The minimum Gasteiger partial charge on any atom is -0.426 e.